The molecular weight excluding hydrogens is 431 g/mol. The van der Waals surface area contributed by atoms with E-state index in [4.69, 9.17) is 27.9 Å². The van der Waals surface area contributed by atoms with Gasteiger partial charge >= 0.3 is 5.97 Å². The van der Waals surface area contributed by atoms with Gasteiger partial charge in [-0.1, -0.05) is 29.8 Å². The number of rotatable bonds is 9. The standard InChI is InChI=1S/C21H20Cl2N2O5/c22-13-12-17(20(28)14-6-8-16(23)9-7-14)30-19(27)11-10-18(26)24-25-21(29)15-4-2-1-3-5-15/h1-9,17H,10-13H2,(H,24,26)(H,25,29). The summed E-state index contributed by atoms with van der Waals surface area (Å²) in [6.45, 7) is 0. The van der Waals surface area contributed by atoms with Crippen molar-refractivity contribution in [3.63, 3.8) is 0 Å². The quantitative estimate of drug-likeness (QED) is 0.264. The molecule has 2 amide bonds. The summed E-state index contributed by atoms with van der Waals surface area (Å²) in [5.41, 5.74) is 5.19. The van der Waals surface area contributed by atoms with Crippen molar-refractivity contribution in [3.8, 4) is 0 Å². The van der Waals surface area contributed by atoms with Gasteiger partial charge in [0, 0.05) is 34.9 Å². The zero-order chi connectivity index (χ0) is 21.9. The van der Waals surface area contributed by atoms with Crippen LogP contribution in [0.4, 0.5) is 0 Å². The summed E-state index contributed by atoms with van der Waals surface area (Å²) < 4.78 is 5.21. The summed E-state index contributed by atoms with van der Waals surface area (Å²) in [4.78, 5) is 48.3. The number of ketones is 1. The van der Waals surface area contributed by atoms with E-state index in [1.165, 1.54) is 12.1 Å². The second kappa shape index (κ2) is 11.9. The Bertz CT molecular complexity index is 888. The van der Waals surface area contributed by atoms with Crippen LogP contribution < -0.4 is 10.9 Å². The van der Waals surface area contributed by atoms with Crippen molar-refractivity contribution in [1.82, 2.24) is 10.9 Å². The summed E-state index contributed by atoms with van der Waals surface area (Å²) in [6.07, 6.45) is -1.42. The van der Waals surface area contributed by atoms with Gasteiger partial charge in [-0.05, 0) is 36.4 Å². The first-order valence-electron chi connectivity index (χ1n) is 9.10. The van der Waals surface area contributed by atoms with E-state index < -0.39 is 29.7 Å². The average molecular weight is 451 g/mol. The van der Waals surface area contributed by atoms with Crippen LogP contribution in [0.2, 0.25) is 5.02 Å². The molecule has 0 saturated heterocycles. The Morgan fingerprint density at radius 3 is 2.17 bits per heavy atom. The predicted octanol–water partition coefficient (Wildman–Crippen LogP) is 3.30. The number of hydrogen-bond donors (Lipinski definition) is 2. The highest BCUT2D eigenvalue weighted by Crippen LogP contribution is 2.15. The molecule has 2 aromatic carbocycles. The van der Waals surface area contributed by atoms with Crippen LogP contribution in [0.1, 0.15) is 40.0 Å². The van der Waals surface area contributed by atoms with Crippen molar-refractivity contribution in [1.29, 1.82) is 0 Å². The Labute approximate surface area is 183 Å². The third-order valence-corrected chi connectivity index (χ3v) is 4.44. The lowest BCUT2D eigenvalue weighted by molar-refractivity contribution is -0.148. The van der Waals surface area contributed by atoms with Gasteiger partial charge in [0.15, 0.2) is 6.10 Å². The van der Waals surface area contributed by atoms with Crippen molar-refractivity contribution in [3.05, 3.63) is 70.7 Å². The lowest BCUT2D eigenvalue weighted by Gasteiger charge is -2.16. The molecule has 2 aromatic rings. The Morgan fingerprint density at radius 2 is 1.53 bits per heavy atom. The van der Waals surface area contributed by atoms with Crippen molar-refractivity contribution >= 4 is 46.8 Å². The highest BCUT2D eigenvalue weighted by atomic mass is 35.5. The molecule has 0 heterocycles. The highest BCUT2D eigenvalue weighted by molar-refractivity contribution is 6.30. The fraction of sp³-hybridized carbons (Fsp3) is 0.238. The molecule has 0 fully saturated rings. The van der Waals surface area contributed by atoms with Crippen molar-refractivity contribution < 1.29 is 23.9 Å². The predicted molar refractivity (Wildman–Crippen MR) is 112 cm³/mol. The molecule has 9 heteroatoms. The third kappa shape index (κ3) is 7.50. The monoisotopic (exact) mass is 450 g/mol. The Hall–Kier alpha value is -2.90. The van der Waals surface area contributed by atoms with Gasteiger partial charge in [-0.3, -0.25) is 30.0 Å². The van der Waals surface area contributed by atoms with Gasteiger partial charge in [-0.25, -0.2) is 0 Å². The van der Waals surface area contributed by atoms with E-state index in [2.05, 4.69) is 10.9 Å². The second-order valence-electron chi connectivity index (χ2n) is 6.20. The SMILES string of the molecule is O=C(CCC(=O)OC(CCCl)C(=O)c1ccc(Cl)cc1)NNC(=O)c1ccccc1. The van der Waals surface area contributed by atoms with Crippen LogP contribution in [0.25, 0.3) is 0 Å². The van der Waals surface area contributed by atoms with Crippen LogP contribution in [0, 0.1) is 0 Å². The molecule has 0 aliphatic rings. The minimum absolute atomic E-state index is 0.114. The van der Waals surface area contributed by atoms with Crippen molar-refractivity contribution in [2.75, 3.05) is 5.88 Å². The molecule has 0 aliphatic heterocycles. The molecule has 0 saturated carbocycles. The number of esters is 1. The van der Waals surface area contributed by atoms with E-state index in [0.717, 1.165) is 0 Å². The van der Waals surface area contributed by atoms with Gasteiger partial charge in [0.2, 0.25) is 11.7 Å². The Kier molecular flexibility index (Phi) is 9.31. The number of amides is 2. The summed E-state index contributed by atoms with van der Waals surface area (Å²) in [6, 6.07) is 14.5. The second-order valence-corrected chi connectivity index (χ2v) is 7.01. The van der Waals surface area contributed by atoms with Gasteiger partial charge in [0.1, 0.15) is 0 Å². The van der Waals surface area contributed by atoms with Gasteiger partial charge in [-0.2, -0.15) is 0 Å². The average Bonchev–Trinajstić information content (AvgIpc) is 2.76. The lowest BCUT2D eigenvalue weighted by Crippen LogP contribution is -2.41. The molecule has 1 unspecified atom stereocenters. The first-order chi connectivity index (χ1) is 14.4. The number of carbonyl (C=O) groups is 4. The number of nitrogens with one attached hydrogen (secondary N) is 2. The van der Waals surface area contributed by atoms with Crippen LogP contribution in [0.5, 0.6) is 0 Å². The van der Waals surface area contributed by atoms with Crippen molar-refractivity contribution in [2.45, 2.75) is 25.4 Å². The van der Waals surface area contributed by atoms with Gasteiger partial charge in [-0.15, -0.1) is 11.6 Å². The van der Waals surface area contributed by atoms with Crippen LogP contribution in [0.15, 0.2) is 54.6 Å². The van der Waals surface area contributed by atoms with Crippen LogP contribution >= 0.6 is 23.2 Å². The molecule has 7 nitrogen and oxygen atoms in total. The molecule has 2 rings (SSSR count). The minimum atomic E-state index is -1.06. The number of Topliss-reactive ketones (excluding diaryl/α,β-unsaturated/α-hetero) is 1. The number of halogens is 2. The molecule has 0 bridgehead atoms. The van der Waals surface area contributed by atoms with E-state index >= 15 is 0 Å². The first kappa shape index (κ1) is 23.4. The molecule has 0 aromatic heterocycles. The van der Waals surface area contributed by atoms with E-state index in [1.54, 1.807) is 42.5 Å². The molecule has 0 aliphatic carbocycles. The molecule has 2 N–H and O–H groups in total. The van der Waals surface area contributed by atoms with E-state index in [9.17, 15) is 19.2 Å². The maximum atomic E-state index is 12.5. The summed E-state index contributed by atoms with van der Waals surface area (Å²) in [5, 5.41) is 0.475. The highest BCUT2D eigenvalue weighted by Gasteiger charge is 2.24. The molecule has 158 valence electrons. The molecule has 0 radical (unpaired) electrons. The van der Waals surface area contributed by atoms with E-state index in [1.807, 2.05) is 0 Å². The first-order valence-corrected chi connectivity index (χ1v) is 10.0. The van der Waals surface area contributed by atoms with Crippen molar-refractivity contribution in [2.24, 2.45) is 0 Å². The zero-order valence-corrected chi connectivity index (χ0v) is 17.4. The minimum Gasteiger partial charge on any atom is -0.454 e. The molecule has 30 heavy (non-hydrogen) atoms. The fourth-order valence-corrected chi connectivity index (χ4v) is 2.75. The number of ether oxygens (including phenoxy) is 1. The largest absolute Gasteiger partial charge is 0.454 e. The van der Waals surface area contributed by atoms with Gasteiger partial charge in [0.25, 0.3) is 5.91 Å². The number of carbonyl (C=O) groups excluding carboxylic acids is 4. The van der Waals surface area contributed by atoms with E-state index in [0.29, 0.717) is 16.1 Å². The topological polar surface area (TPSA) is 102 Å². The summed E-state index contributed by atoms with van der Waals surface area (Å²) in [7, 11) is 0. The molecule has 1 atom stereocenters. The lowest BCUT2D eigenvalue weighted by atomic mass is 10.0. The van der Waals surface area contributed by atoms with Crippen LogP contribution in [-0.4, -0.2) is 35.6 Å². The maximum absolute atomic E-state index is 12.5. The van der Waals surface area contributed by atoms with Gasteiger partial charge < -0.3 is 4.74 Å². The summed E-state index contributed by atoms with van der Waals surface area (Å²) in [5.74, 6) is -2.07. The maximum Gasteiger partial charge on any atom is 0.307 e. The van der Waals surface area contributed by atoms with Gasteiger partial charge in [0.05, 0.1) is 6.42 Å². The van der Waals surface area contributed by atoms with Crippen LogP contribution in [-0.2, 0) is 14.3 Å². The third-order valence-electron chi connectivity index (χ3n) is 3.97. The normalized spacial score (nSPS) is 11.3. The van der Waals surface area contributed by atoms with E-state index in [-0.39, 0.29) is 25.1 Å². The smallest absolute Gasteiger partial charge is 0.307 e. The Morgan fingerprint density at radius 1 is 0.867 bits per heavy atom. The number of hydrazine groups is 1. The number of alkyl halides is 1. The Balaban J connectivity index is 1.80. The molecular formula is C21H20Cl2N2O5. The van der Waals surface area contributed by atoms with Crippen LogP contribution in [0.3, 0.4) is 0 Å². The zero-order valence-electron chi connectivity index (χ0n) is 15.9. The molecule has 0 spiro atoms. The fourth-order valence-electron chi connectivity index (χ4n) is 2.43. The number of hydrogen-bond acceptors (Lipinski definition) is 5. The number of benzene rings is 2. The summed E-state index contributed by atoms with van der Waals surface area (Å²) >= 11 is 11.5.